The molecule has 0 radical (unpaired) electrons. The van der Waals surface area contributed by atoms with E-state index in [-0.39, 0.29) is 0 Å². The average Bonchev–Trinajstić information content (AvgIpc) is 3.34. The zero-order chi connectivity index (χ0) is 20.7. The number of hydrogen-bond acceptors (Lipinski definition) is 8. The lowest BCUT2D eigenvalue weighted by molar-refractivity contribution is 0.121. The van der Waals surface area contributed by atoms with Gasteiger partial charge in [0.25, 0.3) is 10.8 Å². The van der Waals surface area contributed by atoms with Gasteiger partial charge < -0.3 is 18.6 Å². The van der Waals surface area contributed by atoms with Crippen LogP contribution in [0.5, 0.6) is 0 Å². The SMILES string of the molecule is Cn1c(=O)[nH]c(=O)c2c1nc(N1CCOCC1)n2CCSc1nc2ccccc2o1. The maximum absolute atomic E-state index is 12.6. The molecule has 10 nitrogen and oxygen atoms in total. The number of rotatable bonds is 5. The highest BCUT2D eigenvalue weighted by Crippen LogP contribution is 2.25. The van der Waals surface area contributed by atoms with Crippen molar-refractivity contribution >= 4 is 40.0 Å². The summed E-state index contributed by atoms with van der Waals surface area (Å²) in [5.74, 6) is 1.29. The van der Waals surface area contributed by atoms with Gasteiger partial charge in [0.05, 0.1) is 13.2 Å². The predicted octanol–water partition coefficient (Wildman–Crippen LogP) is 1.19. The fourth-order valence-corrected chi connectivity index (χ4v) is 4.34. The fraction of sp³-hybridized carbons (Fsp3) is 0.368. The molecule has 3 aromatic heterocycles. The molecule has 0 saturated carbocycles. The number of nitrogens with zero attached hydrogens (tertiary/aromatic N) is 5. The van der Waals surface area contributed by atoms with E-state index in [0.29, 0.717) is 60.9 Å². The third kappa shape index (κ3) is 3.29. The lowest BCUT2D eigenvalue weighted by Gasteiger charge is -2.28. The van der Waals surface area contributed by atoms with Crippen LogP contribution in [0.2, 0.25) is 0 Å². The molecule has 11 heteroatoms. The predicted molar refractivity (Wildman–Crippen MR) is 113 cm³/mol. The number of aromatic amines is 1. The minimum absolute atomic E-state index is 0.372. The van der Waals surface area contributed by atoms with Gasteiger partial charge in [0.2, 0.25) is 5.95 Å². The summed E-state index contributed by atoms with van der Waals surface area (Å²) >= 11 is 1.47. The first kappa shape index (κ1) is 18.9. The lowest BCUT2D eigenvalue weighted by Crippen LogP contribution is -2.38. The van der Waals surface area contributed by atoms with Gasteiger partial charge in [-0.3, -0.25) is 14.3 Å². The van der Waals surface area contributed by atoms with Crippen molar-refractivity contribution < 1.29 is 9.15 Å². The number of benzene rings is 1. The molecule has 1 aliphatic heterocycles. The van der Waals surface area contributed by atoms with Gasteiger partial charge in [-0.2, -0.15) is 4.98 Å². The van der Waals surface area contributed by atoms with E-state index in [1.807, 2.05) is 28.8 Å². The molecule has 0 aliphatic carbocycles. The molecule has 4 heterocycles. The molecular weight excluding hydrogens is 408 g/mol. The zero-order valence-electron chi connectivity index (χ0n) is 16.3. The first-order valence-electron chi connectivity index (χ1n) is 9.62. The molecule has 1 saturated heterocycles. The monoisotopic (exact) mass is 428 g/mol. The van der Waals surface area contributed by atoms with Crippen LogP contribution in [0.15, 0.2) is 43.5 Å². The summed E-state index contributed by atoms with van der Waals surface area (Å²) in [6.45, 7) is 3.04. The van der Waals surface area contributed by atoms with Gasteiger partial charge in [0.15, 0.2) is 16.7 Å². The van der Waals surface area contributed by atoms with Crippen molar-refractivity contribution in [3.05, 3.63) is 45.1 Å². The summed E-state index contributed by atoms with van der Waals surface area (Å²) in [5, 5.41) is 0.579. The van der Waals surface area contributed by atoms with Gasteiger partial charge >= 0.3 is 5.69 Å². The average molecular weight is 428 g/mol. The smallest absolute Gasteiger partial charge is 0.329 e. The quantitative estimate of drug-likeness (QED) is 0.472. The highest BCUT2D eigenvalue weighted by atomic mass is 32.2. The van der Waals surface area contributed by atoms with Crippen molar-refractivity contribution in [3.63, 3.8) is 0 Å². The first-order chi connectivity index (χ1) is 14.6. The number of nitrogens with one attached hydrogen (secondary N) is 1. The normalized spacial score (nSPS) is 14.8. The van der Waals surface area contributed by atoms with Crippen LogP contribution in [0.25, 0.3) is 22.3 Å². The topological polar surface area (TPSA) is 111 Å². The molecule has 0 bridgehead atoms. The Bertz CT molecular complexity index is 1300. The first-order valence-corrected chi connectivity index (χ1v) is 10.6. The van der Waals surface area contributed by atoms with E-state index in [2.05, 4.69) is 19.9 Å². The Morgan fingerprint density at radius 1 is 1.17 bits per heavy atom. The van der Waals surface area contributed by atoms with E-state index >= 15 is 0 Å². The van der Waals surface area contributed by atoms with Crippen LogP contribution in [-0.4, -0.2) is 56.1 Å². The second kappa shape index (κ2) is 7.65. The highest BCUT2D eigenvalue weighted by molar-refractivity contribution is 7.99. The minimum Gasteiger partial charge on any atom is -0.431 e. The maximum atomic E-state index is 12.6. The molecule has 0 atom stereocenters. The molecule has 0 amide bonds. The summed E-state index contributed by atoms with van der Waals surface area (Å²) in [6, 6.07) is 7.61. The second-order valence-electron chi connectivity index (χ2n) is 6.95. The number of hydrogen-bond donors (Lipinski definition) is 1. The molecule has 1 aliphatic rings. The number of para-hydroxylation sites is 2. The third-order valence-electron chi connectivity index (χ3n) is 5.10. The molecule has 30 heavy (non-hydrogen) atoms. The minimum atomic E-state index is -0.480. The molecule has 1 aromatic carbocycles. The van der Waals surface area contributed by atoms with Crippen LogP contribution < -0.4 is 16.1 Å². The van der Waals surface area contributed by atoms with Crippen LogP contribution in [-0.2, 0) is 18.3 Å². The van der Waals surface area contributed by atoms with Gasteiger partial charge in [-0.05, 0) is 12.1 Å². The van der Waals surface area contributed by atoms with Crippen molar-refractivity contribution in [2.45, 2.75) is 11.8 Å². The Hall–Kier alpha value is -3.05. The number of thioether (sulfide) groups is 1. The number of ether oxygens (including phenoxy) is 1. The van der Waals surface area contributed by atoms with Crippen LogP contribution in [0, 0.1) is 0 Å². The van der Waals surface area contributed by atoms with Crippen molar-refractivity contribution in [2.75, 3.05) is 37.0 Å². The van der Waals surface area contributed by atoms with E-state index in [4.69, 9.17) is 9.15 Å². The summed E-state index contributed by atoms with van der Waals surface area (Å²) in [5.41, 5.74) is 1.40. The van der Waals surface area contributed by atoms with Crippen molar-refractivity contribution in [3.8, 4) is 0 Å². The number of imidazole rings is 1. The maximum Gasteiger partial charge on any atom is 0.329 e. The molecule has 4 aromatic rings. The van der Waals surface area contributed by atoms with Crippen LogP contribution in [0.3, 0.4) is 0 Å². The Morgan fingerprint density at radius 3 is 2.77 bits per heavy atom. The Morgan fingerprint density at radius 2 is 1.97 bits per heavy atom. The summed E-state index contributed by atoms with van der Waals surface area (Å²) in [7, 11) is 1.61. The summed E-state index contributed by atoms with van der Waals surface area (Å²) < 4.78 is 14.4. The van der Waals surface area contributed by atoms with Crippen LogP contribution in [0.4, 0.5) is 5.95 Å². The lowest BCUT2D eigenvalue weighted by atomic mass is 10.3. The van der Waals surface area contributed by atoms with Gasteiger partial charge in [-0.25, -0.2) is 9.78 Å². The fourth-order valence-electron chi connectivity index (χ4n) is 3.58. The standard InChI is InChI=1S/C19H20N6O4S/c1-23-15-14(16(26)22-18(23)27)25(17(21-15)24-6-9-28-10-7-24)8-11-30-19-20-12-4-2-3-5-13(12)29-19/h2-5H,6-11H2,1H3,(H,22,26,27). The molecular formula is C19H20N6O4S. The Kier molecular flexibility index (Phi) is 4.83. The Labute approximate surface area is 174 Å². The van der Waals surface area contributed by atoms with Gasteiger partial charge in [0.1, 0.15) is 5.52 Å². The summed E-state index contributed by atoms with van der Waals surface area (Å²) in [6.07, 6.45) is 0. The van der Waals surface area contributed by atoms with E-state index in [9.17, 15) is 9.59 Å². The molecule has 0 spiro atoms. The third-order valence-corrected chi connectivity index (χ3v) is 5.90. The number of oxazole rings is 1. The molecule has 5 rings (SSSR count). The number of aryl methyl sites for hydroxylation is 2. The number of H-pyrrole nitrogens is 1. The van der Waals surface area contributed by atoms with Crippen LogP contribution in [0.1, 0.15) is 0 Å². The molecule has 156 valence electrons. The summed E-state index contributed by atoms with van der Waals surface area (Å²) in [4.78, 5) is 38.2. The van der Waals surface area contributed by atoms with Gasteiger partial charge in [-0.15, -0.1) is 0 Å². The largest absolute Gasteiger partial charge is 0.431 e. The second-order valence-corrected chi connectivity index (χ2v) is 8.00. The van der Waals surface area contributed by atoms with E-state index in [1.54, 1.807) is 7.05 Å². The van der Waals surface area contributed by atoms with E-state index < -0.39 is 11.2 Å². The zero-order valence-corrected chi connectivity index (χ0v) is 17.1. The molecule has 1 N–H and O–H groups in total. The van der Waals surface area contributed by atoms with Crippen LogP contribution >= 0.6 is 11.8 Å². The van der Waals surface area contributed by atoms with Gasteiger partial charge in [0, 0.05) is 32.4 Å². The van der Waals surface area contributed by atoms with E-state index in [0.717, 1.165) is 11.1 Å². The highest BCUT2D eigenvalue weighted by Gasteiger charge is 2.23. The number of morpholine rings is 1. The van der Waals surface area contributed by atoms with Crippen molar-refractivity contribution in [2.24, 2.45) is 7.05 Å². The number of aromatic nitrogens is 5. The number of fused-ring (bicyclic) bond motifs is 2. The van der Waals surface area contributed by atoms with Gasteiger partial charge in [-0.1, -0.05) is 23.9 Å². The molecule has 1 fully saturated rings. The van der Waals surface area contributed by atoms with Crippen molar-refractivity contribution in [1.29, 1.82) is 0 Å². The van der Waals surface area contributed by atoms with E-state index in [1.165, 1.54) is 16.3 Å². The Balaban J connectivity index is 1.48. The number of anilines is 1. The van der Waals surface area contributed by atoms with Crippen molar-refractivity contribution in [1.82, 2.24) is 24.1 Å². The molecule has 0 unspecified atom stereocenters.